The van der Waals surface area contributed by atoms with Crippen molar-refractivity contribution in [2.24, 2.45) is 11.8 Å². The summed E-state index contributed by atoms with van der Waals surface area (Å²) >= 11 is 0. The van der Waals surface area contributed by atoms with Crippen LogP contribution in [0.2, 0.25) is 0 Å². The molecule has 0 spiro atoms. The van der Waals surface area contributed by atoms with Gasteiger partial charge in [-0.3, -0.25) is 9.59 Å². The molecular formula is C21H33N3O2. The molecule has 0 radical (unpaired) electrons. The molecule has 1 aliphatic carbocycles. The maximum absolute atomic E-state index is 12.6. The number of amides is 2. The Labute approximate surface area is 157 Å². The van der Waals surface area contributed by atoms with Crippen molar-refractivity contribution in [3.63, 3.8) is 0 Å². The maximum Gasteiger partial charge on any atom is 0.227 e. The first-order valence-electron chi connectivity index (χ1n) is 9.62. The smallest absolute Gasteiger partial charge is 0.227 e. The number of benzene rings is 1. The van der Waals surface area contributed by atoms with Gasteiger partial charge in [0.2, 0.25) is 11.8 Å². The first-order valence-corrected chi connectivity index (χ1v) is 9.62. The van der Waals surface area contributed by atoms with Gasteiger partial charge in [-0.15, -0.1) is 0 Å². The first kappa shape index (κ1) is 20.3. The molecule has 0 bridgehead atoms. The van der Waals surface area contributed by atoms with E-state index in [1.807, 2.05) is 69.8 Å². The zero-order valence-electron chi connectivity index (χ0n) is 17.0. The van der Waals surface area contributed by atoms with Gasteiger partial charge < -0.3 is 15.1 Å². The average molecular weight is 360 g/mol. The van der Waals surface area contributed by atoms with Gasteiger partial charge in [-0.2, -0.15) is 0 Å². The minimum absolute atomic E-state index is 0.0401. The fourth-order valence-electron chi connectivity index (χ4n) is 3.17. The summed E-state index contributed by atoms with van der Waals surface area (Å²) in [6.45, 7) is 8.48. The summed E-state index contributed by atoms with van der Waals surface area (Å²) in [5.41, 5.74) is 2.92. The van der Waals surface area contributed by atoms with E-state index in [1.165, 1.54) is 0 Å². The standard InChI is InChI=1S/C21H33N3O2/c1-14(2)21(26)24(15(3)4)13-17-12-18(10-11-19(17)23(5)6)22-20(25)16-8-7-9-16/h10-12,14-16H,7-9,13H2,1-6H3,(H,22,25). The summed E-state index contributed by atoms with van der Waals surface area (Å²) in [6, 6.07) is 6.09. The molecule has 1 aliphatic rings. The van der Waals surface area contributed by atoms with Crippen molar-refractivity contribution in [3.05, 3.63) is 23.8 Å². The minimum atomic E-state index is -0.0401. The van der Waals surface area contributed by atoms with Gasteiger partial charge in [0.15, 0.2) is 0 Å². The van der Waals surface area contributed by atoms with E-state index in [2.05, 4.69) is 5.32 Å². The van der Waals surface area contributed by atoms with Gasteiger partial charge in [0.05, 0.1) is 0 Å². The SMILES string of the molecule is CC(C)C(=O)N(Cc1cc(NC(=O)C2CCC2)ccc1N(C)C)C(C)C. The van der Waals surface area contributed by atoms with E-state index < -0.39 is 0 Å². The molecule has 1 N–H and O–H groups in total. The Bertz CT molecular complexity index is 649. The summed E-state index contributed by atoms with van der Waals surface area (Å²) in [5, 5.41) is 3.04. The number of nitrogens with zero attached hydrogens (tertiary/aromatic N) is 2. The molecule has 5 nitrogen and oxygen atoms in total. The van der Waals surface area contributed by atoms with Crippen LogP contribution in [0.1, 0.15) is 52.5 Å². The highest BCUT2D eigenvalue weighted by Gasteiger charge is 2.26. The quantitative estimate of drug-likeness (QED) is 0.804. The molecule has 2 rings (SSSR count). The molecule has 1 fully saturated rings. The normalized spacial score (nSPS) is 14.3. The lowest BCUT2D eigenvalue weighted by molar-refractivity contribution is -0.136. The number of carbonyl (C=O) groups excluding carboxylic acids is 2. The molecule has 2 amide bonds. The highest BCUT2D eigenvalue weighted by Crippen LogP contribution is 2.29. The van der Waals surface area contributed by atoms with E-state index in [9.17, 15) is 9.59 Å². The molecule has 1 saturated carbocycles. The van der Waals surface area contributed by atoms with Crippen molar-refractivity contribution in [1.82, 2.24) is 4.90 Å². The van der Waals surface area contributed by atoms with E-state index >= 15 is 0 Å². The summed E-state index contributed by atoms with van der Waals surface area (Å²) in [7, 11) is 3.99. The number of nitrogens with one attached hydrogen (secondary N) is 1. The topological polar surface area (TPSA) is 52.7 Å². The molecule has 0 aromatic heterocycles. The summed E-state index contributed by atoms with van der Waals surface area (Å²) in [6.07, 6.45) is 3.11. The van der Waals surface area contributed by atoms with Crippen LogP contribution in [0.15, 0.2) is 18.2 Å². The van der Waals surface area contributed by atoms with Gasteiger partial charge in [-0.25, -0.2) is 0 Å². The molecule has 0 heterocycles. The second kappa shape index (κ2) is 8.56. The van der Waals surface area contributed by atoms with Gasteiger partial charge in [0.1, 0.15) is 0 Å². The van der Waals surface area contributed by atoms with Crippen LogP contribution < -0.4 is 10.2 Å². The second-order valence-electron chi connectivity index (χ2n) is 8.07. The van der Waals surface area contributed by atoms with E-state index in [0.29, 0.717) is 6.54 Å². The van der Waals surface area contributed by atoms with Crippen LogP contribution in [-0.2, 0) is 16.1 Å². The fraction of sp³-hybridized carbons (Fsp3) is 0.619. The van der Waals surface area contributed by atoms with Gasteiger partial charge in [-0.1, -0.05) is 20.3 Å². The molecule has 0 saturated heterocycles. The van der Waals surface area contributed by atoms with Gasteiger partial charge in [0.25, 0.3) is 0 Å². The fourth-order valence-corrected chi connectivity index (χ4v) is 3.17. The molecule has 5 heteroatoms. The third-order valence-electron chi connectivity index (χ3n) is 5.05. The van der Waals surface area contributed by atoms with Crippen LogP contribution in [0.3, 0.4) is 0 Å². The Morgan fingerprint density at radius 1 is 1.15 bits per heavy atom. The summed E-state index contributed by atoms with van der Waals surface area (Å²) in [4.78, 5) is 28.8. The Morgan fingerprint density at radius 3 is 2.27 bits per heavy atom. The Hall–Kier alpha value is -2.04. The molecular weight excluding hydrogens is 326 g/mol. The van der Waals surface area contributed by atoms with Crippen molar-refractivity contribution in [1.29, 1.82) is 0 Å². The average Bonchev–Trinajstić information content (AvgIpc) is 2.49. The lowest BCUT2D eigenvalue weighted by Gasteiger charge is -2.31. The van der Waals surface area contributed by atoms with Gasteiger partial charge in [-0.05, 0) is 50.5 Å². The zero-order valence-corrected chi connectivity index (χ0v) is 17.0. The van der Waals surface area contributed by atoms with Crippen molar-refractivity contribution in [2.45, 2.75) is 59.5 Å². The maximum atomic E-state index is 12.6. The van der Waals surface area contributed by atoms with E-state index in [0.717, 1.165) is 36.2 Å². The minimum Gasteiger partial charge on any atom is -0.377 e. The highest BCUT2D eigenvalue weighted by atomic mass is 16.2. The third-order valence-corrected chi connectivity index (χ3v) is 5.05. The van der Waals surface area contributed by atoms with Crippen molar-refractivity contribution >= 4 is 23.2 Å². The number of hydrogen-bond acceptors (Lipinski definition) is 3. The molecule has 0 unspecified atom stereocenters. The molecule has 0 atom stereocenters. The van der Waals surface area contributed by atoms with Crippen LogP contribution in [0.5, 0.6) is 0 Å². The first-order chi connectivity index (χ1) is 12.2. The summed E-state index contributed by atoms with van der Waals surface area (Å²) in [5.74, 6) is 0.371. The van der Waals surface area contributed by atoms with Crippen LogP contribution in [0, 0.1) is 11.8 Å². The van der Waals surface area contributed by atoms with Crippen LogP contribution in [0.4, 0.5) is 11.4 Å². The zero-order chi connectivity index (χ0) is 19.4. The van der Waals surface area contributed by atoms with E-state index in [-0.39, 0.29) is 29.7 Å². The van der Waals surface area contributed by atoms with Crippen LogP contribution >= 0.6 is 0 Å². The number of hydrogen-bond donors (Lipinski definition) is 1. The molecule has 0 aliphatic heterocycles. The summed E-state index contributed by atoms with van der Waals surface area (Å²) < 4.78 is 0. The van der Waals surface area contributed by atoms with Crippen molar-refractivity contribution in [3.8, 4) is 0 Å². The van der Waals surface area contributed by atoms with Gasteiger partial charge in [0, 0.05) is 49.9 Å². The Morgan fingerprint density at radius 2 is 1.81 bits per heavy atom. The predicted octanol–water partition coefficient (Wildman–Crippen LogP) is 3.88. The molecule has 144 valence electrons. The Balaban J connectivity index is 2.26. The van der Waals surface area contributed by atoms with Crippen molar-refractivity contribution < 1.29 is 9.59 Å². The Kier molecular flexibility index (Phi) is 6.68. The van der Waals surface area contributed by atoms with E-state index in [1.54, 1.807) is 0 Å². The number of rotatable bonds is 7. The largest absolute Gasteiger partial charge is 0.377 e. The third kappa shape index (κ3) is 4.77. The number of carbonyl (C=O) groups is 2. The van der Waals surface area contributed by atoms with Gasteiger partial charge >= 0.3 is 0 Å². The van der Waals surface area contributed by atoms with E-state index in [4.69, 9.17) is 0 Å². The van der Waals surface area contributed by atoms with Crippen molar-refractivity contribution in [2.75, 3.05) is 24.3 Å². The lowest BCUT2D eigenvalue weighted by Crippen LogP contribution is -2.39. The second-order valence-corrected chi connectivity index (χ2v) is 8.07. The monoisotopic (exact) mass is 359 g/mol. The van der Waals surface area contributed by atoms with Crippen LogP contribution in [-0.4, -0.2) is 36.9 Å². The molecule has 1 aromatic rings. The molecule has 1 aromatic carbocycles. The highest BCUT2D eigenvalue weighted by molar-refractivity contribution is 5.93. The van der Waals surface area contributed by atoms with Crippen LogP contribution in [0.25, 0.3) is 0 Å². The molecule has 26 heavy (non-hydrogen) atoms. The number of anilines is 2. The predicted molar refractivity (Wildman–Crippen MR) is 107 cm³/mol. The lowest BCUT2D eigenvalue weighted by atomic mass is 9.85.